The Balaban J connectivity index is 1.86. The molecule has 0 saturated carbocycles. The second kappa shape index (κ2) is 5.99. The lowest BCUT2D eigenvalue weighted by atomic mass is 10.1. The van der Waals surface area contributed by atoms with Crippen LogP contribution in [0.15, 0.2) is 41.1 Å². The Kier molecular flexibility index (Phi) is 4.11. The Bertz CT molecular complexity index is 552. The molecule has 0 fully saturated rings. The van der Waals surface area contributed by atoms with Gasteiger partial charge in [-0.25, -0.2) is 0 Å². The van der Waals surface area contributed by atoms with Gasteiger partial charge in [0.15, 0.2) is 0 Å². The SMILES string of the molecule is N#Cc1ccc(C(=O)NCCc2ccsc2)cc1. The first-order chi connectivity index (χ1) is 8.79. The van der Waals surface area contributed by atoms with Gasteiger partial charge >= 0.3 is 0 Å². The normalized spacial score (nSPS) is 9.72. The van der Waals surface area contributed by atoms with Crippen molar-refractivity contribution in [3.63, 3.8) is 0 Å². The van der Waals surface area contributed by atoms with Gasteiger partial charge < -0.3 is 5.32 Å². The minimum Gasteiger partial charge on any atom is -0.352 e. The van der Waals surface area contributed by atoms with Crippen LogP contribution in [-0.4, -0.2) is 12.5 Å². The molecule has 1 N–H and O–H groups in total. The summed E-state index contributed by atoms with van der Waals surface area (Å²) in [5, 5.41) is 15.6. The number of nitrogens with zero attached hydrogens (tertiary/aromatic N) is 1. The summed E-state index contributed by atoms with van der Waals surface area (Å²) in [7, 11) is 0. The molecular formula is C14H12N2OS. The van der Waals surface area contributed by atoms with E-state index in [-0.39, 0.29) is 5.91 Å². The van der Waals surface area contributed by atoms with E-state index in [1.54, 1.807) is 35.6 Å². The Morgan fingerprint density at radius 2 is 2.06 bits per heavy atom. The number of carbonyl (C=O) groups is 1. The lowest BCUT2D eigenvalue weighted by Gasteiger charge is -2.04. The number of rotatable bonds is 4. The number of hydrogen-bond donors (Lipinski definition) is 1. The fourth-order valence-electron chi connectivity index (χ4n) is 1.55. The van der Waals surface area contributed by atoms with Crippen molar-refractivity contribution < 1.29 is 4.79 Å². The number of nitriles is 1. The van der Waals surface area contributed by atoms with Crippen LogP contribution in [0.5, 0.6) is 0 Å². The molecule has 90 valence electrons. The largest absolute Gasteiger partial charge is 0.352 e. The van der Waals surface area contributed by atoms with Crippen molar-refractivity contribution >= 4 is 17.2 Å². The lowest BCUT2D eigenvalue weighted by Crippen LogP contribution is -2.25. The van der Waals surface area contributed by atoms with Crippen molar-refractivity contribution in [1.82, 2.24) is 5.32 Å². The first-order valence-electron chi connectivity index (χ1n) is 5.59. The maximum atomic E-state index is 11.8. The van der Waals surface area contributed by atoms with Gasteiger partial charge in [-0.2, -0.15) is 16.6 Å². The third-order valence-electron chi connectivity index (χ3n) is 2.56. The predicted molar refractivity (Wildman–Crippen MR) is 71.5 cm³/mol. The first-order valence-corrected chi connectivity index (χ1v) is 6.53. The van der Waals surface area contributed by atoms with Crippen molar-refractivity contribution in [1.29, 1.82) is 5.26 Å². The smallest absolute Gasteiger partial charge is 0.251 e. The Morgan fingerprint density at radius 3 is 2.67 bits per heavy atom. The average molecular weight is 256 g/mol. The highest BCUT2D eigenvalue weighted by Crippen LogP contribution is 2.06. The van der Waals surface area contributed by atoms with Crippen molar-refractivity contribution in [2.24, 2.45) is 0 Å². The fourth-order valence-corrected chi connectivity index (χ4v) is 2.26. The summed E-state index contributed by atoms with van der Waals surface area (Å²) >= 11 is 1.66. The Morgan fingerprint density at radius 1 is 1.28 bits per heavy atom. The van der Waals surface area contributed by atoms with E-state index in [0.29, 0.717) is 17.7 Å². The zero-order valence-corrected chi connectivity index (χ0v) is 10.5. The molecule has 0 saturated heterocycles. The molecule has 4 heteroatoms. The molecule has 0 aliphatic rings. The zero-order valence-electron chi connectivity index (χ0n) is 9.72. The summed E-state index contributed by atoms with van der Waals surface area (Å²) in [5.41, 5.74) is 2.38. The van der Waals surface area contributed by atoms with E-state index in [0.717, 1.165) is 6.42 Å². The van der Waals surface area contributed by atoms with Gasteiger partial charge in [-0.1, -0.05) is 0 Å². The second-order valence-corrected chi connectivity index (χ2v) is 4.61. The van der Waals surface area contributed by atoms with Gasteiger partial charge in [0, 0.05) is 12.1 Å². The molecule has 1 amide bonds. The van der Waals surface area contributed by atoms with E-state index < -0.39 is 0 Å². The molecule has 0 radical (unpaired) electrons. The molecule has 1 aromatic heterocycles. The van der Waals surface area contributed by atoms with Crippen LogP contribution in [-0.2, 0) is 6.42 Å². The summed E-state index contributed by atoms with van der Waals surface area (Å²) in [4.78, 5) is 11.8. The van der Waals surface area contributed by atoms with Gasteiger partial charge in [0.2, 0.25) is 0 Å². The van der Waals surface area contributed by atoms with Crippen molar-refractivity contribution in [2.45, 2.75) is 6.42 Å². The van der Waals surface area contributed by atoms with Crippen molar-refractivity contribution in [2.75, 3.05) is 6.54 Å². The number of carbonyl (C=O) groups excluding carboxylic acids is 1. The topological polar surface area (TPSA) is 52.9 Å². The minimum absolute atomic E-state index is 0.102. The van der Waals surface area contributed by atoms with Gasteiger partial charge in [-0.05, 0) is 53.1 Å². The van der Waals surface area contributed by atoms with Crippen LogP contribution < -0.4 is 5.32 Å². The van der Waals surface area contributed by atoms with Crippen LogP contribution in [0.4, 0.5) is 0 Å². The zero-order chi connectivity index (χ0) is 12.8. The first kappa shape index (κ1) is 12.3. The van der Waals surface area contributed by atoms with Gasteiger partial charge in [0.05, 0.1) is 11.6 Å². The van der Waals surface area contributed by atoms with Crippen molar-refractivity contribution in [3.05, 3.63) is 57.8 Å². The van der Waals surface area contributed by atoms with E-state index in [2.05, 4.69) is 16.8 Å². The Hall–Kier alpha value is -2.12. The Labute approximate surface area is 110 Å². The molecule has 0 bridgehead atoms. The molecule has 1 aromatic carbocycles. The van der Waals surface area contributed by atoms with E-state index >= 15 is 0 Å². The van der Waals surface area contributed by atoms with Gasteiger partial charge in [-0.3, -0.25) is 4.79 Å². The highest BCUT2D eigenvalue weighted by molar-refractivity contribution is 7.07. The van der Waals surface area contributed by atoms with Crippen LogP contribution in [0.25, 0.3) is 0 Å². The molecule has 18 heavy (non-hydrogen) atoms. The highest BCUT2D eigenvalue weighted by atomic mass is 32.1. The van der Waals surface area contributed by atoms with Gasteiger partial charge in [-0.15, -0.1) is 0 Å². The third kappa shape index (κ3) is 3.19. The minimum atomic E-state index is -0.102. The summed E-state index contributed by atoms with van der Waals surface area (Å²) in [6, 6.07) is 10.7. The monoisotopic (exact) mass is 256 g/mol. The second-order valence-electron chi connectivity index (χ2n) is 3.83. The van der Waals surface area contributed by atoms with Crippen LogP contribution in [0.3, 0.4) is 0 Å². The van der Waals surface area contributed by atoms with Gasteiger partial charge in [0.1, 0.15) is 0 Å². The summed E-state index contributed by atoms with van der Waals surface area (Å²) in [5.74, 6) is -0.102. The molecule has 0 atom stereocenters. The molecule has 0 unspecified atom stereocenters. The van der Waals surface area contributed by atoms with Gasteiger partial charge in [0.25, 0.3) is 5.91 Å². The molecule has 2 rings (SSSR count). The number of hydrogen-bond acceptors (Lipinski definition) is 3. The number of amides is 1. The van der Waals surface area contributed by atoms with Crippen LogP contribution in [0, 0.1) is 11.3 Å². The molecule has 0 aliphatic carbocycles. The predicted octanol–water partition coefficient (Wildman–Crippen LogP) is 2.59. The standard InChI is InChI=1S/C14H12N2OS/c15-9-11-1-3-13(4-2-11)14(17)16-7-5-12-6-8-18-10-12/h1-4,6,8,10H,5,7H2,(H,16,17). The van der Waals surface area contributed by atoms with E-state index in [1.165, 1.54) is 5.56 Å². The maximum absolute atomic E-state index is 11.8. The van der Waals surface area contributed by atoms with Crippen LogP contribution >= 0.6 is 11.3 Å². The van der Waals surface area contributed by atoms with Crippen LogP contribution in [0.2, 0.25) is 0 Å². The lowest BCUT2D eigenvalue weighted by molar-refractivity contribution is 0.0954. The average Bonchev–Trinajstić information content (AvgIpc) is 2.92. The van der Waals surface area contributed by atoms with Crippen LogP contribution in [0.1, 0.15) is 21.5 Å². The highest BCUT2D eigenvalue weighted by Gasteiger charge is 2.04. The number of benzene rings is 1. The maximum Gasteiger partial charge on any atom is 0.251 e. The summed E-state index contributed by atoms with van der Waals surface area (Å²) in [6.07, 6.45) is 0.839. The van der Waals surface area contributed by atoms with Crippen molar-refractivity contribution in [3.8, 4) is 6.07 Å². The van der Waals surface area contributed by atoms with E-state index in [1.807, 2.05) is 11.4 Å². The molecular weight excluding hydrogens is 244 g/mol. The molecule has 3 nitrogen and oxygen atoms in total. The molecule has 1 heterocycles. The van der Waals surface area contributed by atoms with E-state index in [9.17, 15) is 4.79 Å². The molecule has 0 spiro atoms. The molecule has 2 aromatic rings. The summed E-state index contributed by atoms with van der Waals surface area (Å²) < 4.78 is 0. The third-order valence-corrected chi connectivity index (χ3v) is 3.29. The fraction of sp³-hybridized carbons (Fsp3) is 0.143. The number of nitrogens with one attached hydrogen (secondary N) is 1. The van der Waals surface area contributed by atoms with E-state index in [4.69, 9.17) is 5.26 Å². The number of thiophene rings is 1. The quantitative estimate of drug-likeness (QED) is 0.914. The summed E-state index contributed by atoms with van der Waals surface area (Å²) in [6.45, 7) is 0.621. The molecule has 0 aliphatic heterocycles.